The van der Waals surface area contributed by atoms with Gasteiger partial charge in [-0.3, -0.25) is 4.79 Å². The number of ether oxygens (including phenoxy) is 2. The van der Waals surface area contributed by atoms with Gasteiger partial charge >= 0.3 is 0 Å². The van der Waals surface area contributed by atoms with E-state index in [1.807, 2.05) is 38.1 Å². The minimum absolute atomic E-state index is 0.0600. The van der Waals surface area contributed by atoms with Crippen LogP contribution >= 0.6 is 12.2 Å². The summed E-state index contributed by atoms with van der Waals surface area (Å²) in [6.07, 6.45) is 2.34. The van der Waals surface area contributed by atoms with Crippen LogP contribution in [0.25, 0.3) is 0 Å². The van der Waals surface area contributed by atoms with Gasteiger partial charge in [-0.05, 0) is 49.8 Å². The number of carbonyl (C=O) groups is 1. The zero-order chi connectivity index (χ0) is 16.2. The summed E-state index contributed by atoms with van der Waals surface area (Å²) in [6.45, 7) is 5.77. The van der Waals surface area contributed by atoms with Crippen molar-refractivity contribution in [3.05, 3.63) is 24.3 Å². The van der Waals surface area contributed by atoms with Crippen LogP contribution in [0, 0.1) is 0 Å². The molecule has 0 atom stereocenters. The third kappa shape index (κ3) is 7.95. The Morgan fingerprint density at radius 2 is 1.91 bits per heavy atom. The second-order valence-corrected chi connectivity index (χ2v) is 5.08. The number of benzene rings is 1. The molecule has 1 aromatic rings. The lowest BCUT2D eigenvalue weighted by atomic mass is 10.2. The Labute approximate surface area is 137 Å². The van der Waals surface area contributed by atoms with Gasteiger partial charge in [0.25, 0.3) is 0 Å². The van der Waals surface area contributed by atoms with Crippen molar-refractivity contribution < 1.29 is 14.3 Å². The van der Waals surface area contributed by atoms with Gasteiger partial charge in [-0.15, -0.1) is 0 Å². The summed E-state index contributed by atoms with van der Waals surface area (Å²) in [5.41, 5.74) is 0.804. The molecule has 0 aromatic heterocycles. The van der Waals surface area contributed by atoms with Crippen molar-refractivity contribution in [2.75, 3.05) is 25.1 Å². The Kier molecular flexibility index (Phi) is 9.18. The standard InChI is InChI=1S/C16H24N2O3S/c1-3-5-6-15(19)18-16(22)17-13-7-9-14(10-8-13)21-12-11-20-4-2/h7-10H,3-6,11-12H2,1-2H3,(H2,17,18,19,22). The summed E-state index contributed by atoms with van der Waals surface area (Å²) in [5, 5.41) is 5.94. The zero-order valence-electron chi connectivity index (χ0n) is 13.2. The molecule has 0 aliphatic rings. The number of nitrogens with one attached hydrogen (secondary N) is 2. The molecule has 6 heteroatoms. The molecule has 5 nitrogen and oxygen atoms in total. The summed E-state index contributed by atoms with van der Waals surface area (Å²) in [6, 6.07) is 7.38. The van der Waals surface area contributed by atoms with Crippen LogP contribution < -0.4 is 15.4 Å². The van der Waals surface area contributed by atoms with Crippen LogP contribution in [0.1, 0.15) is 33.1 Å². The molecule has 0 heterocycles. The highest BCUT2D eigenvalue weighted by Gasteiger charge is 2.04. The van der Waals surface area contributed by atoms with Gasteiger partial charge in [0.15, 0.2) is 5.11 Å². The fourth-order valence-electron chi connectivity index (χ4n) is 1.69. The molecule has 0 bridgehead atoms. The number of rotatable bonds is 9. The molecule has 0 fully saturated rings. The highest BCUT2D eigenvalue weighted by Crippen LogP contribution is 2.15. The number of unbranched alkanes of at least 4 members (excludes halogenated alkanes) is 1. The van der Waals surface area contributed by atoms with Gasteiger partial charge in [-0.1, -0.05) is 13.3 Å². The van der Waals surface area contributed by atoms with E-state index in [-0.39, 0.29) is 5.91 Å². The Hall–Kier alpha value is -1.66. The highest BCUT2D eigenvalue weighted by atomic mass is 32.1. The third-order valence-corrected chi connectivity index (χ3v) is 3.03. The van der Waals surface area contributed by atoms with Crippen molar-refractivity contribution in [3.8, 4) is 5.75 Å². The van der Waals surface area contributed by atoms with Crippen LogP contribution in [0.4, 0.5) is 5.69 Å². The van der Waals surface area contributed by atoms with Gasteiger partial charge in [-0.25, -0.2) is 0 Å². The van der Waals surface area contributed by atoms with E-state index >= 15 is 0 Å². The number of carbonyl (C=O) groups excluding carboxylic acids is 1. The van der Waals surface area contributed by atoms with Crippen molar-refractivity contribution >= 4 is 28.9 Å². The summed E-state index contributed by atoms with van der Waals surface area (Å²) >= 11 is 5.10. The maximum Gasteiger partial charge on any atom is 0.226 e. The molecular weight excluding hydrogens is 300 g/mol. The average Bonchev–Trinajstić information content (AvgIpc) is 2.51. The predicted molar refractivity (Wildman–Crippen MR) is 92.3 cm³/mol. The minimum atomic E-state index is -0.0600. The fourth-order valence-corrected chi connectivity index (χ4v) is 1.92. The first-order chi connectivity index (χ1) is 10.7. The predicted octanol–water partition coefficient (Wildman–Crippen LogP) is 3.11. The summed E-state index contributed by atoms with van der Waals surface area (Å²) in [4.78, 5) is 11.6. The molecule has 0 aliphatic heterocycles. The molecule has 122 valence electrons. The lowest BCUT2D eigenvalue weighted by molar-refractivity contribution is -0.119. The SMILES string of the molecule is CCCCC(=O)NC(=S)Nc1ccc(OCCOCC)cc1. The molecular formula is C16H24N2O3S. The molecule has 22 heavy (non-hydrogen) atoms. The van der Waals surface area contributed by atoms with Crippen molar-refractivity contribution in [2.24, 2.45) is 0 Å². The van der Waals surface area contributed by atoms with Crippen molar-refractivity contribution in [1.82, 2.24) is 5.32 Å². The molecule has 1 aromatic carbocycles. The van der Waals surface area contributed by atoms with Gasteiger partial charge in [0.2, 0.25) is 5.91 Å². The molecule has 2 N–H and O–H groups in total. The van der Waals surface area contributed by atoms with E-state index in [2.05, 4.69) is 10.6 Å². The van der Waals surface area contributed by atoms with E-state index in [0.29, 0.717) is 31.4 Å². The minimum Gasteiger partial charge on any atom is -0.491 e. The molecule has 0 spiro atoms. The second kappa shape index (κ2) is 11.0. The number of hydrogen-bond donors (Lipinski definition) is 2. The van der Waals surface area contributed by atoms with Crippen LogP contribution in [0.2, 0.25) is 0 Å². The summed E-state index contributed by atoms with van der Waals surface area (Å²) < 4.78 is 10.7. The molecule has 0 saturated heterocycles. The van der Waals surface area contributed by atoms with Gasteiger partial charge in [0.1, 0.15) is 12.4 Å². The van der Waals surface area contributed by atoms with Crippen LogP contribution in [0.5, 0.6) is 5.75 Å². The third-order valence-electron chi connectivity index (χ3n) is 2.82. The number of hydrogen-bond acceptors (Lipinski definition) is 4. The first-order valence-electron chi connectivity index (χ1n) is 7.57. The number of amides is 1. The highest BCUT2D eigenvalue weighted by molar-refractivity contribution is 7.80. The first-order valence-corrected chi connectivity index (χ1v) is 7.98. The molecule has 0 unspecified atom stereocenters. The summed E-state index contributed by atoms with van der Waals surface area (Å²) in [7, 11) is 0. The van der Waals surface area contributed by atoms with Crippen LogP contribution in [0.15, 0.2) is 24.3 Å². The van der Waals surface area contributed by atoms with Gasteiger partial charge in [0, 0.05) is 18.7 Å². The average molecular weight is 324 g/mol. The maximum absolute atomic E-state index is 11.6. The Morgan fingerprint density at radius 1 is 1.18 bits per heavy atom. The van der Waals surface area contributed by atoms with Crippen LogP contribution in [-0.2, 0) is 9.53 Å². The second-order valence-electron chi connectivity index (χ2n) is 4.68. The van der Waals surface area contributed by atoms with Gasteiger partial charge in [0.05, 0.1) is 6.61 Å². The molecule has 1 rings (SSSR count). The van der Waals surface area contributed by atoms with Gasteiger partial charge < -0.3 is 20.1 Å². The van der Waals surface area contributed by atoms with E-state index in [4.69, 9.17) is 21.7 Å². The van der Waals surface area contributed by atoms with E-state index in [9.17, 15) is 4.79 Å². The normalized spacial score (nSPS) is 10.1. The van der Waals surface area contributed by atoms with Crippen LogP contribution in [-0.4, -0.2) is 30.8 Å². The van der Waals surface area contributed by atoms with E-state index in [0.717, 1.165) is 24.3 Å². The molecule has 0 radical (unpaired) electrons. The maximum atomic E-state index is 11.6. The van der Waals surface area contributed by atoms with Crippen LogP contribution in [0.3, 0.4) is 0 Å². The van der Waals surface area contributed by atoms with Gasteiger partial charge in [-0.2, -0.15) is 0 Å². The van der Waals surface area contributed by atoms with Crippen molar-refractivity contribution in [3.63, 3.8) is 0 Å². The molecule has 1 amide bonds. The quantitative estimate of drug-likeness (QED) is 0.540. The number of thiocarbonyl (C=S) groups is 1. The number of anilines is 1. The topological polar surface area (TPSA) is 59.6 Å². The smallest absolute Gasteiger partial charge is 0.226 e. The monoisotopic (exact) mass is 324 g/mol. The zero-order valence-corrected chi connectivity index (χ0v) is 14.0. The lowest BCUT2D eigenvalue weighted by Crippen LogP contribution is -2.33. The Morgan fingerprint density at radius 3 is 2.55 bits per heavy atom. The molecule has 0 aliphatic carbocycles. The summed E-state index contributed by atoms with van der Waals surface area (Å²) in [5.74, 6) is 0.707. The van der Waals surface area contributed by atoms with Crippen molar-refractivity contribution in [2.45, 2.75) is 33.1 Å². The Bertz CT molecular complexity index is 463. The first kappa shape index (κ1) is 18.4. The molecule has 0 saturated carbocycles. The fraction of sp³-hybridized carbons (Fsp3) is 0.500. The lowest BCUT2D eigenvalue weighted by Gasteiger charge is -2.10. The van der Waals surface area contributed by atoms with Crippen molar-refractivity contribution in [1.29, 1.82) is 0 Å². The van der Waals surface area contributed by atoms with E-state index in [1.54, 1.807) is 0 Å². The van der Waals surface area contributed by atoms with E-state index in [1.165, 1.54) is 0 Å². The van der Waals surface area contributed by atoms with E-state index < -0.39 is 0 Å². The Balaban J connectivity index is 2.33. The largest absolute Gasteiger partial charge is 0.491 e.